The summed E-state index contributed by atoms with van der Waals surface area (Å²) in [5, 5.41) is 0. The zero-order valence-electron chi connectivity index (χ0n) is 10.3. The summed E-state index contributed by atoms with van der Waals surface area (Å²) in [5.41, 5.74) is 0. The van der Waals surface area contributed by atoms with Crippen molar-refractivity contribution >= 4 is 16.0 Å². The van der Waals surface area contributed by atoms with Gasteiger partial charge < -0.3 is 4.74 Å². The molecule has 1 aliphatic carbocycles. The summed E-state index contributed by atoms with van der Waals surface area (Å²) >= 11 is 0. The molecular formula is C11H19NO4S. The van der Waals surface area contributed by atoms with Crippen LogP contribution in [0.3, 0.4) is 0 Å². The van der Waals surface area contributed by atoms with E-state index in [4.69, 9.17) is 4.74 Å². The van der Waals surface area contributed by atoms with Crippen LogP contribution in [0, 0.1) is 5.92 Å². The normalized spacial score (nSPS) is 34.4. The van der Waals surface area contributed by atoms with Crippen molar-refractivity contribution in [3.63, 3.8) is 0 Å². The van der Waals surface area contributed by atoms with E-state index < -0.39 is 22.0 Å². The Bertz CT molecular complexity index is 406. The second kappa shape index (κ2) is 4.57. The Labute approximate surface area is 102 Å². The lowest BCUT2D eigenvalue weighted by atomic mass is 9.85. The van der Waals surface area contributed by atoms with Crippen LogP contribution in [0.4, 0.5) is 0 Å². The topological polar surface area (TPSA) is 63.7 Å². The second-order valence-corrected chi connectivity index (χ2v) is 6.87. The van der Waals surface area contributed by atoms with Gasteiger partial charge in [0.1, 0.15) is 6.04 Å². The predicted molar refractivity (Wildman–Crippen MR) is 62.8 cm³/mol. The van der Waals surface area contributed by atoms with E-state index in [1.807, 2.05) is 0 Å². The van der Waals surface area contributed by atoms with Gasteiger partial charge in [-0.3, -0.25) is 4.79 Å². The summed E-state index contributed by atoms with van der Waals surface area (Å²) < 4.78 is 29.8. The van der Waals surface area contributed by atoms with Crippen molar-refractivity contribution in [1.29, 1.82) is 0 Å². The van der Waals surface area contributed by atoms with Gasteiger partial charge in [-0.15, -0.1) is 0 Å². The van der Waals surface area contributed by atoms with Crippen LogP contribution in [0.5, 0.6) is 0 Å². The number of hydrogen-bond acceptors (Lipinski definition) is 4. The molecule has 2 fully saturated rings. The zero-order valence-corrected chi connectivity index (χ0v) is 11.1. The maximum atomic E-state index is 11.8. The fraction of sp³-hybridized carbons (Fsp3) is 0.909. The molecule has 1 saturated heterocycles. The summed E-state index contributed by atoms with van der Waals surface area (Å²) in [6.45, 7) is 0. The lowest BCUT2D eigenvalue weighted by Crippen LogP contribution is -2.45. The number of rotatable bonds is 2. The number of hydrogen-bond donors (Lipinski definition) is 0. The van der Waals surface area contributed by atoms with E-state index in [9.17, 15) is 13.2 Å². The summed E-state index contributed by atoms with van der Waals surface area (Å²) in [5.74, 6) is -0.104. The molecule has 0 aromatic rings. The predicted octanol–water partition coefficient (Wildman–Crippen LogP) is 0.752. The van der Waals surface area contributed by atoms with Crippen molar-refractivity contribution in [3.05, 3.63) is 0 Å². The van der Waals surface area contributed by atoms with E-state index in [0.29, 0.717) is 12.3 Å². The SMILES string of the molecule is COC(=O)[C@H]1C[C@H]2CCCC[C@@H]2N1S(C)(=O)=O. The van der Waals surface area contributed by atoms with Crippen LogP contribution in [0.15, 0.2) is 0 Å². The van der Waals surface area contributed by atoms with Crippen LogP contribution in [-0.2, 0) is 19.6 Å². The van der Waals surface area contributed by atoms with Crippen molar-refractivity contribution in [2.45, 2.75) is 44.2 Å². The highest BCUT2D eigenvalue weighted by Crippen LogP contribution is 2.41. The highest BCUT2D eigenvalue weighted by Gasteiger charge is 2.49. The molecule has 1 saturated carbocycles. The molecule has 0 spiro atoms. The van der Waals surface area contributed by atoms with Gasteiger partial charge in [0.2, 0.25) is 10.0 Å². The summed E-state index contributed by atoms with van der Waals surface area (Å²) in [6.07, 6.45) is 5.85. The van der Waals surface area contributed by atoms with Crippen LogP contribution in [0.2, 0.25) is 0 Å². The van der Waals surface area contributed by atoms with E-state index in [0.717, 1.165) is 25.7 Å². The molecular weight excluding hydrogens is 242 g/mol. The lowest BCUT2D eigenvalue weighted by Gasteiger charge is -2.31. The Morgan fingerprint density at radius 2 is 1.94 bits per heavy atom. The molecule has 0 aromatic carbocycles. The highest BCUT2D eigenvalue weighted by molar-refractivity contribution is 7.88. The van der Waals surface area contributed by atoms with Gasteiger partial charge in [-0.2, -0.15) is 4.31 Å². The average molecular weight is 261 g/mol. The van der Waals surface area contributed by atoms with Crippen molar-refractivity contribution in [1.82, 2.24) is 4.31 Å². The first-order valence-corrected chi connectivity index (χ1v) is 7.86. The van der Waals surface area contributed by atoms with Crippen molar-refractivity contribution < 1.29 is 17.9 Å². The van der Waals surface area contributed by atoms with Gasteiger partial charge in [-0.1, -0.05) is 12.8 Å². The number of carbonyl (C=O) groups excluding carboxylic acids is 1. The second-order valence-electron chi connectivity index (χ2n) is 4.98. The van der Waals surface area contributed by atoms with Gasteiger partial charge >= 0.3 is 5.97 Å². The molecule has 3 atom stereocenters. The first-order chi connectivity index (χ1) is 7.95. The molecule has 0 unspecified atom stereocenters. The Morgan fingerprint density at radius 1 is 1.29 bits per heavy atom. The molecule has 17 heavy (non-hydrogen) atoms. The zero-order chi connectivity index (χ0) is 12.6. The third kappa shape index (κ3) is 2.33. The minimum absolute atomic E-state index is 0.00264. The first kappa shape index (κ1) is 12.8. The van der Waals surface area contributed by atoms with E-state index in [1.165, 1.54) is 17.7 Å². The van der Waals surface area contributed by atoms with E-state index in [1.54, 1.807) is 0 Å². The monoisotopic (exact) mass is 261 g/mol. The van der Waals surface area contributed by atoms with Crippen molar-refractivity contribution in [3.8, 4) is 0 Å². The Kier molecular flexibility index (Phi) is 3.45. The third-order valence-electron chi connectivity index (χ3n) is 3.89. The Morgan fingerprint density at radius 3 is 2.53 bits per heavy atom. The van der Waals surface area contributed by atoms with Gasteiger partial charge in [0.15, 0.2) is 0 Å². The number of methoxy groups -OCH3 is 1. The van der Waals surface area contributed by atoms with Crippen molar-refractivity contribution in [2.75, 3.05) is 13.4 Å². The number of esters is 1. The summed E-state index contributed by atoms with van der Waals surface area (Å²) in [6, 6.07) is -0.606. The van der Waals surface area contributed by atoms with Crippen LogP contribution >= 0.6 is 0 Å². The first-order valence-electron chi connectivity index (χ1n) is 6.01. The molecule has 98 valence electrons. The molecule has 0 N–H and O–H groups in total. The molecule has 0 aromatic heterocycles. The molecule has 2 rings (SSSR count). The van der Waals surface area contributed by atoms with E-state index in [2.05, 4.69) is 0 Å². The van der Waals surface area contributed by atoms with Crippen LogP contribution in [0.1, 0.15) is 32.1 Å². The number of ether oxygens (including phenoxy) is 1. The van der Waals surface area contributed by atoms with E-state index >= 15 is 0 Å². The molecule has 0 radical (unpaired) electrons. The maximum Gasteiger partial charge on any atom is 0.324 e. The van der Waals surface area contributed by atoms with Gasteiger partial charge in [-0.05, 0) is 25.2 Å². The molecule has 1 aliphatic heterocycles. The summed E-state index contributed by atoms with van der Waals surface area (Å²) in [7, 11) is -2.03. The Balaban J connectivity index is 2.30. The van der Waals surface area contributed by atoms with Gasteiger partial charge in [-0.25, -0.2) is 8.42 Å². The fourth-order valence-corrected chi connectivity index (χ4v) is 4.64. The average Bonchev–Trinajstić information content (AvgIpc) is 2.66. The third-order valence-corrected chi connectivity index (χ3v) is 5.18. The number of nitrogens with zero attached hydrogens (tertiary/aromatic N) is 1. The fourth-order valence-electron chi connectivity index (χ4n) is 3.23. The number of carbonyl (C=O) groups is 1. The smallest absolute Gasteiger partial charge is 0.324 e. The number of fused-ring (bicyclic) bond motifs is 1. The van der Waals surface area contributed by atoms with Gasteiger partial charge in [0, 0.05) is 6.04 Å². The largest absolute Gasteiger partial charge is 0.468 e. The van der Waals surface area contributed by atoms with Crippen LogP contribution in [0.25, 0.3) is 0 Å². The molecule has 6 heteroatoms. The van der Waals surface area contributed by atoms with Gasteiger partial charge in [0.25, 0.3) is 0 Å². The quantitative estimate of drug-likeness (QED) is 0.688. The molecule has 2 aliphatic rings. The van der Waals surface area contributed by atoms with Gasteiger partial charge in [0.05, 0.1) is 13.4 Å². The minimum Gasteiger partial charge on any atom is -0.468 e. The lowest BCUT2D eigenvalue weighted by molar-refractivity contribution is -0.144. The minimum atomic E-state index is -3.34. The molecule has 1 heterocycles. The molecule has 0 bridgehead atoms. The summed E-state index contributed by atoms with van der Waals surface area (Å²) in [4.78, 5) is 11.7. The molecule has 0 amide bonds. The molecule has 5 nitrogen and oxygen atoms in total. The highest BCUT2D eigenvalue weighted by atomic mass is 32.2. The Hall–Kier alpha value is -0.620. The van der Waals surface area contributed by atoms with E-state index in [-0.39, 0.29) is 6.04 Å². The van der Waals surface area contributed by atoms with Crippen molar-refractivity contribution in [2.24, 2.45) is 5.92 Å². The van der Waals surface area contributed by atoms with Crippen LogP contribution < -0.4 is 0 Å². The van der Waals surface area contributed by atoms with Crippen LogP contribution in [-0.4, -0.2) is 44.1 Å². The maximum absolute atomic E-state index is 11.8. The standard InChI is InChI=1S/C11H19NO4S/c1-16-11(13)10-7-8-5-3-4-6-9(8)12(10)17(2,14)15/h8-10H,3-7H2,1-2H3/t8-,9+,10-/m1/s1. The number of sulfonamides is 1.